The molecule has 1 aromatic heterocycles. The molecule has 0 bridgehead atoms. The molecule has 0 fully saturated rings. The van der Waals surface area contributed by atoms with Crippen molar-refractivity contribution >= 4 is 39.4 Å². The molecule has 1 aliphatic carbocycles. The molecule has 0 saturated carbocycles. The van der Waals surface area contributed by atoms with Crippen LogP contribution >= 0.6 is 22.4 Å². The number of hydrogen-bond donors (Lipinski definition) is 3. The first-order chi connectivity index (χ1) is 20.5. The Kier molecular flexibility index (Phi) is 7.89. The predicted octanol–water partition coefficient (Wildman–Crippen LogP) is 6.86. The fraction of sp³-hybridized carbons (Fsp3) is 0.387. The maximum atomic E-state index is 14.4. The minimum absolute atomic E-state index is 0.0549. The number of rotatable bonds is 7. The van der Waals surface area contributed by atoms with E-state index in [2.05, 4.69) is 16.4 Å². The van der Waals surface area contributed by atoms with Crippen LogP contribution in [0.4, 0.5) is 4.39 Å². The molecule has 3 N–H and O–H groups in total. The van der Waals surface area contributed by atoms with E-state index < -0.39 is 34.6 Å². The summed E-state index contributed by atoms with van der Waals surface area (Å²) in [5, 5.41) is 18.2. The van der Waals surface area contributed by atoms with Crippen molar-refractivity contribution < 1.29 is 28.1 Å². The molecule has 43 heavy (non-hydrogen) atoms. The number of carbonyl (C=O) groups is 1. The van der Waals surface area contributed by atoms with Gasteiger partial charge in [0, 0.05) is 25.6 Å². The summed E-state index contributed by atoms with van der Waals surface area (Å²) in [6.07, 6.45) is 2.69. The van der Waals surface area contributed by atoms with E-state index in [4.69, 9.17) is 16.3 Å². The van der Waals surface area contributed by atoms with Gasteiger partial charge in [-0.25, -0.2) is 9.07 Å². The third-order valence-electron chi connectivity index (χ3n) is 8.71. The zero-order valence-corrected chi connectivity index (χ0v) is 25.8. The summed E-state index contributed by atoms with van der Waals surface area (Å²) in [6.45, 7) is 4.26. The largest absolute Gasteiger partial charge is 0.487 e. The van der Waals surface area contributed by atoms with Gasteiger partial charge in [-0.05, 0) is 78.1 Å². The summed E-state index contributed by atoms with van der Waals surface area (Å²) in [4.78, 5) is 12.2. The number of nitrogens with zero attached hydrogens (tertiary/aromatic N) is 4. The van der Waals surface area contributed by atoms with Crippen molar-refractivity contribution in [3.63, 3.8) is 0 Å². The number of carboxylic acid groups (broad SMARTS) is 1. The third kappa shape index (κ3) is 5.38. The second kappa shape index (κ2) is 11.4. The lowest BCUT2D eigenvalue weighted by Gasteiger charge is -2.42. The number of fused-ring (bicyclic) bond motifs is 3. The quantitative estimate of drug-likeness (QED) is 0.203. The molecular weight excluding hydrogens is 595 g/mol. The lowest BCUT2D eigenvalue weighted by atomic mass is 9.83. The summed E-state index contributed by atoms with van der Waals surface area (Å²) < 4.78 is 46.9. The van der Waals surface area contributed by atoms with E-state index in [9.17, 15) is 23.4 Å². The fourth-order valence-corrected chi connectivity index (χ4v) is 8.29. The Morgan fingerprint density at radius 1 is 1.23 bits per heavy atom. The van der Waals surface area contributed by atoms with Crippen LogP contribution in [-0.4, -0.2) is 52.1 Å². The van der Waals surface area contributed by atoms with Crippen molar-refractivity contribution in [1.82, 2.24) is 19.3 Å². The summed E-state index contributed by atoms with van der Waals surface area (Å²) in [6, 6.07) is 10.3. The number of aromatic nitrogens is 3. The van der Waals surface area contributed by atoms with E-state index >= 15 is 0 Å². The van der Waals surface area contributed by atoms with Gasteiger partial charge in [0.15, 0.2) is 0 Å². The minimum atomic E-state index is -3.60. The van der Waals surface area contributed by atoms with Gasteiger partial charge >= 0.3 is 5.97 Å². The summed E-state index contributed by atoms with van der Waals surface area (Å²) in [5.41, 5.74) is 7.38. The van der Waals surface area contributed by atoms with Gasteiger partial charge in [0.05, 0.1) is 23.5 Å². The van der Waals surface area contributed by atoms with Crippen LogP contribution in [0.5, 0.6) is 5.75 Å². The van der Waals surface area contributed by atoms with Crippen molar-refractivity contribution in [2.45, 2.75) is 69.4 Å². The first-order valence-corrected chi connectivity index (χ1v) is 16.2. The first-order valence-electron chi connectivity index (χ1n) is 14.3. The SMILES string of the molecule is CC[C@@H]1CN(Cc2cc([C@H](CC(=O)O)c3ccc4c(nnn4C)c3C)cc3c2CCC3)S(O)(O)c2cc(Cl)c(F)cc2O1. The maximum absolute atomic E-state index is 14.4. The van der Waals surface area contributed by atoms with Crippen molar-refractivity contribution in [2.75, 3.05) is 6.54 Å². The highest BCUT2D eigenvalue weighted by Crippen LogP contribution is 2.58. The van der Waals surface area contributed by atoms with Crippen LogP contribution in [0.2, 0.25) is 5.02 Å². The molecule has 228 valence electrons. The molecule has 2 aliphatic rings. The lowest BCUT2D eigenvalue weighted by molar-refractivity contribution is -0.137. The Labute approximate surface area is 255 Å². The van der Waals surface area contributed by atoms with Gasteiger partial charge in [0.2, 0.25) is 0 Å². The Morgan fingerprint density at radius 2 is 2.02 bits per heavy atom. The van der Waals surface area contributed by atoms with Crippen LogP contribution in [0.1, 0.15) is 65.5 Å². The van der Waals surface area contributed by atoms with Crippen molar-refractivity contribution in [3.8, 4) is 5.75 Å². The molecule has 0 saturated heterocycles. The number of carboxylic acids is 1. The van der Waals surface area contributed by atoms with Gasteiger partial charge in [-0.1, -0.05) is 41.9 Å². The highest BCUT2D eigenvalue weighted by molar-refractivity contribution is 8.22. The molecule has 1 aliphatic heterocycles. The predicted molar refractivity (Wildman–Crippen MR) is 163 cm³/mol. The monoisotopic (exact) mass is 628 g/mol. The number of halogens is 2. The van der Waals surface area contributed by atoms with Crippen LogP contribution in [-0.2, 0) is 31.2 Å². The molecule has 4 aromatic rings. The summed E-state index contributed by atoms with van der Waals surface area (Å²) in [5.74, 6) is -1.99. The third-order valence-corrected chi connectivity index (χ3v) is 10.9. The summed E-state index contributed by atoms with van der Waals surface area (Å²) in [7, 11) is -1.79. The molecule has 0 spiro atoms. The molecule has 2 atom stereocenters. The van der Waals surface area contributed by atoms with Gasteiger partial charge in [-0.15, -0.1) is 15.9 Å². The van der Waals surface area contributed by atoms with E-state index in [1.807, 2.05) is 39.1 Å². The Morgan fingerprint density at radius 3 is 2.77 bits per heavy atom. The smallest absolute Gasteiger partial charge is 0.304 e. The Bertz CT molecular complexity index is 1750. The van der Waals surface area contributed by atoms with E-state index in [0.717, 1.165) is 69.7 Å². The normalized spacial score (nSPS) is 19.4. The number of aliphatic carboxylic acids is 1. The lowest BCUT2D eigenvalue weighted by Crippen LogP contribution is -2.34. The summed E-state index contributed by atoms with van der Waals surface area (Å²) >= 11 is 6.07. The fourth-order valence-electron chi connectivity index (χ4n) is 6.44. The molecular formula is C31H34ClFN4O5S. The highest BCUT2D eigenvalue weighted by atomic mass is 35.5. The van der Waals surface area contributed by atoms with E-state index in [1.165, 1.54) is 6.07 Å². The standard InChI is InChI=1S/C31H34ClFN4O5S/c1-4-21-16-37(43(40,41)29-13-25(32)26(33)14-28(29)42-21)15-20-11-19(10-18-6-5-7-23(18)20)24(12-30(38)39)22-8-9-27-31(17(22)2)34-35-36(27)3/h8-11,13-14,21,24,40-41H,4-7,12,15-16H2,1-3H3,(H,38,39)/t21-,24+/m1/s1. The number of benzene rings is 3. The molecule has 12 heteroatoms. The van der Waals surface area contributed by atoms with Gasteiger partial charge in [0.25, 0.3) is 0 Å². The molecule has 3 aromatic carbocycles. The Hall–Kier alpha value is -3.22. The van der Waals surface area contributed by atoms with Crippen LogP contribution in [0.15, 0.2) is 41.3 Å². The molecule has 2 heterocycles. The average Bonchev–Trinajstić information content (AvgIpc) is 3.57. The molecule has 0 amide bonds. The molecule has 6 rings (SSSR count). The molecule has 0 unspecified atom stereocenters. The maximum Gasteiger partial charge on any atom is 0.304 e. The average molecular weight is 629 g/mol. The zero-order valence-electron chi connectivity index (χ0n) is 24.2. The van der Waals surface area contributed by atoms with Crippen LogP contribution in [0, 0.1) is 12.7 Å². The zero-order chi connectivity index (χ0) is 30.6. The second-order valence-corrected chi connectivity index (χ2v) is 13.8. The number of hydrogen-bond acceptors (Lipinski definition) is 7. The molecule has 9 nitrogen and oxygen atoms in total. The van der Waals surface area contributed by atoms with E-state index in [1.54, 1.807) is 8.99 Å². The van der Waals surface area contributed by atoms with Crippen molar-refractivity contribution in [3.05, 3.63) is 80.6 Å². The van der Waals surface area contributed by atoms with Crippen molar-refractivity contribution in [1.29, 1.82) is 0 Å². The van der Waals surface area contributed by atoms with Gasteiger partial charge in [-0.3, -0.25) is 13.9 Å². The topological polar surface area (TPSA) is 121 Å². The van der Waals surface area contributed by atoms with E-state index in [-0.39, 0.29) is 35.2 Å². The van der Waals surface area contributed by atoms with Gasteiger partial charge in [-0.2, -0.15) is 4.31 Å². The van der Waals surface area contributed by atoms with Gasteiger partial charge in [0.1, 0.15) is 28.1 Å². The number of ether oxygens (including phenoxy) is 1. The number of aryl methyl sites for hydroxylation is 3. The van der Waals surface area contributed by atoms with Crippen LogP contribution in [0.3, 0.4) is 0 Å². The minimum Gasteiger partial charge on any atom is -0.487 e. The van der Waals surface area contributed by atoms with Crippen molar-refractivity contribution in [2.24, 2.45) is 7.05 Å². The first kappa shape index (κ1) is 29.8. The highest BCUT2D eigenvalue weighted by Gasteiger charge is 2.37. The molecule has 0 radical (unpaired) electrons. The van der Waals surface area contributed by atoms with Gasteiger partial charge < -0.3 is 9.84 Å². The van der Waals surface area contributed by atoms with Crippen LogP contribution in [0.25, 0.3) is 11.0 Å². The second-order valence-electron chi connectivity index (χ2n) is 11.4. The van der Waals surface area contributed by atoms with E-state index in [0.29, 0.717) is 6.42 Å². The Balaban J connectivity index is 1.45. The van der Waals surface area contributed by atoms with Crippen LogP contribution < -0.4 is 4.74 Å².